The molecule has 1 aromatic carbocycles. The Hall–Kier alpha value is -2.70. The van der Waals surface area contributed by atoms with E-state index in [1.165, 1.54) is 30.3 Å². The number of aromatic amines is 1. The second-order valence-electron chi connectivity index (χ2n) is 4.81. The molecule has 0 saturated carbocycles. The standard InChI is InChI=1S/C16H16F2N2O3/c1-2-12(10-6-8-11(9-7-10)23-16(17)18)20-15(22)13-4-3-5-14(21)19-13/h3-9,12,16H,2H2,1H3,(H,19,21)(H,20,22). The van der Waals surface area contributed by atoms with Gasteiger partial charge in [0.15, 0.2) is 0 Å². The maximum absolute atomic E-state index is 12.1. The van der Waals surface area contributed by atoms with E-state index in [2.05, 4.69) is 15.0 Å². The number of rotatable bonds is 6. The molecule has 0 saturated heterocycles. The number of nitrogens with one attached hydrogen (secondary N) is 2. The molecule has 0 aliphatic rings. The number of pyridine rings is 1. The summed E-state index contributed by atoms with van der Waals surface area (Å²) < 4.78 is 28.5. The number of carbonyl (C=O) groups excluding carboxylic acids is 1. The Morgan fingerprint density at radius 2 is 1.91 bits per heavy atom. The van der Waals surface area contributed by atoms with E-state index in [0.29, 0.717) is 6.42 Å². The number of alkyl halides is 2. The van der Waals surface area contributed by atoms with Crippen molar-refractivity contribution < 1.29 is 18.3 Å². The minimum atomic E-state index is -2.88. The highest BCUT2D eigenvalue weighted by molar-refractivity contribution is 5.92. The van der Waals surface area contributed by atoms with E-state index in [4.69, 9.17) is 0 Å². The number of H-pyrrole nitrogens is 1. The minimum Gasteiger partial charge on any atom is -0.435 e. The van der Waals surface area contributed by atoms with Crippen molar-refractivity contribution in [2.45, 2.75) is 26.0 Å². The van der Waals surface area contributed by atoms with Crippen LogP contribution in [0.25, 0.3) is 0 Å². The van der Waals surface area contributed by atoms with Gasteiger partial charge in [0.2, 0.25) is 5.56 Å². The quantitative estimate of drug-likeness (QED) is 0.859. The second kappa shape index (κ2) is 7.53. The summed E-state index contributed by atoms with van der Waals surface area (Å²) in [6, 6.07) is 10.1. The van der Waals surface area contributed by atoms with E-state index in [-0.39, 0.29) is 23.0 Å². The molecular formula is C16H16F2N2O3. The zero-order chi connectivity index (χ0) is 16.8. The smallest absolute Gasteiger partial charge is 0.387 e. The lowest BCUT2D eigenvalue weighted by molar-refractivity contribution is -0.0498. The van der Waals surface area contributed by atoms with Crippen molar-refractivity contribution in [3.8, 4) is 5.75 Å². The number of aromatic nitrogens is 1. The zero-order valence-corrected chi connectivity index (χ0v) is 12.4. The molecule has 2 N–H and O–H groups in total. The van der Waals surface area contributed by atoms with E-state index in [9.17, 15) is 18.4 Å². The molecule has 0 fully saturated rings. The van der Waals surface area contributed by atoms with Gasteiger partial charge in [-0.1, -0.05) is 25.1 Å². The lowest BCUT2D eigenvalue weighted by Crippen LogP contribution is -2.30. The summed E-state index contributed by atoms with van der Waals surface area (Å²) in [7, 11) is 0. The van der Waals surface area contributed by atoms with Crippen LogP contribution in [0.2, 0.25) is 0 Å². The van der Waals surface area contributed by atoms with Crippen molar-refractivity contribution in [2.75, 3.05) is 0 Å². The SMILES string of the molecule is CCC(NC(=O)c1cccc(=O)[nH]1)c1ccc(OC(F)F)cc1. The fourth-order valence-corrected chi connectivity index (χ4v) is 2.12. The fraction of sp³-hybridized carbons (Fsp3) is 0.250. The number of carbonyl (C=O) groups is 1. The Balaban J connectivity index is 2.10. The van der Waals surface area contributed by atoms with Crippen LogP contribution in [-0.2, 0) is 0 Å². The fourth-order valence-electron chi connectivity index (χ4n) is 2.12. The van der Waals surface area contributed by atoms with Gasteiger partial charge in [0, 0.05) is 6.07 Å². The van der Waals surface area contributed by atoms with E-state index < -0.39 is 12.5 Å². The molecule has 23 heavy (non-hydrogen) atoms. The highest BCUT2D eigenvalue weighted by Crippen LogP contribution is 2.21. The van der Waals surface area contributed by atoms with Gasteiger partial charge in [-0.25, -0.2) is 0 Å². The predicted octanol–water partition coefficient (Wildman–Crippen LogP) is 2.86. The minimum absolute atomic E-state index is 0.0531. The molecule has 0 aliphatic heterocycles. The molecule has 122 valence electrons. The van der Waals surface area contributed by atoms with Crippen LogP contribution in [-0.4, -0.2) is 17.5 Å². The summed E-state index contributed by atoms with van der Waals surface area (Å²) in [6.45, 7) is -1.00. The maximum Gasteiger partial charge on any atom is 0.387 e. The van der Waals surface area contributed by atoms with Crippen molar-refractivity contribution in [3.05, 3.63) is 64.1 Å². The predicted molar refractivity (Wildman–Crippen MR) is 80.6 cm³/mol. The van der Waals surface area contributed by atoms with Gasteiger partial charge in [-0.3, -0.25) is 9.59 Å². The molecule has 1 aromatic heterocycles. The Labute approximate surface area is 131 Å². The van der Waals surface area contributed by atoms with Crippen LogP contribution in [0, 0.1) is 0 Å². The molecule has 0 spiro atoms. The number of halogens is 2. The van der Waals surface area contributed by atoms with Gasteiger partial charge in [-0.05, 0) is 30.2 Å². The summed E-state index contributed by atoms with van der Waals surface area (Å²) in [5.41, 5.74) is 0.550. The zero-order valence-electron chi connectivity index (χ0n) is 12.4. The highest BCUT2D eigenvalue weighted by Gasteiger charge is 2.15. The maximum atomic E-state index is 12.1. The monoisotopic (exact) mass is 322 g/mol. The van der Waals surface area contributed by atoms with Crippen molar-refractivity contribution in [3.63, 3.8) is 0 Å². The van der Waals surface area contributed by atoms with E-state index >= 15 is 0 Å². The van der Waals surface area contributed by atoms with Gasteiger partial charge in [0.05, 0.1) is 6.04 Å². The number of hydrogen-bond donors (Lipinski definition) is 2. The van der Waals surface area contributed by atoms with Crippen LogP contribution in [0.5, 0.6) is 5.75 Å². The number of amides is 1. The first kappa shape index (κ1) is 16.7. The molecule has 0 bridgehead atoms. The Kier molecular flexibility index (Phi) is 5.46. The van der Waals surface area contributed by atoms with Gasteiger partial charge < -0.3 is 15.0 Å². The van der Waals surface area contributed by atoms with Crippen LogP contribution in [0.3, 0.4) is 0 Å². The normalized spacial score (nSPS) is 12.0. The number of hydrogen-bond acceptors (Lipinski definition) is 3. The van der Waals surface area contributed by atoms with Crippen molar-refractivity contribution in [2.24, 2.45) is 0 Å². The van der Waals surface area contributed by atoms with Crippen LogP contribution in [0.1, 0.15) is 35.4 Å². The Bertz CT molecular complexity index is 714. The van der Waals surface area contributed by atoms with Crippen LogP contribution in [0.4, 0.5) is 8.78 Å². The van der Waals surface area contributed by atoms with Crippen molar-refractivity contribution >= 4 is 5.91 Å². The molecule has 2 rings (SSSR count). The van der Waals surface area contributed by atoms with E-state index in [0.717, 1.165) is 5.56 Å². The van der Waals surface area contributed by atoms with Crippen LogP contribution >= 0.6 is 0 Å². The van der Waals surface area contributed by atoms with Gasteiger partial charge in [-0.15, -0.1) is 0 Å². The summed E-state index contributed by atoms with van der Waals surface area (Å²) >= 11 is 0. The van der Waals surface area contributed by atoms with Gasteiger partial charge >= 0.3 is 6.61 Å². The number of ether oxygens (including phenoxy) is 1. The molecule has 1 heterocycles. The highest BCUT2D eigenvalue weighted by atomic mass is 19.3. The summed E-state index contributed by atoms with van der Waals surface area (Å²) in [4.78, 5) is 25.8. The van der Waals surface area contributed by atoms with Crippen LogP contribution < -0.4 is 15.6 Å². The second-order valence-corrected chi connectivity index (χ2v) is 4.81. The lowest BCUT2D eigenvalue weighted by Gasteiger charge is -2.18. The first-order chi connectivity index (χ1) is 11.0. The van der Waals surface area contributed by atoms with Gasteiger partial charge in [-0.2, -0.15) is 8.78 Å². The third kappa shape index (κ3) is 4.64. The third-order valence-electron chi connectivity index (χ3n) is 3.23. The van der Waals surface area contributed by atoms with Crippen LogP contribution in [0.15, 0.2) is 47.3 Å². The van der Waals surface area contributed by atoms with E-state index in [1.807, 2.05) is 6.92 Å². The van der Waals surface area contributed by atoms with Gasteiger partial charge in [0.1, 0.15) is 11.4 Å². The molecule has 1 atom stereocenters. The first-order valence-corrected chi connectivity index (χ1v) is 7.04. The summed E-state index contributed by atoms with van der Waals surface area (Å²) in [6.07, 6.45) is 0.595. The molecule has 5 nitrogen and oxygen atoms in total. The van der Waals surface area contributed by atoms with E-state index in [1.54, 1.807) is 12.1 Å². The Morgan fingerprint density at radius 3 is 2.48 bits per heavy atom. The topological polar surface area (TPSA) is 71.2 Å². The average Bonchev–Trinajstić information content (AvgIpc) is 2.52. The van der Waals surface area contributed by atoms with Crippen molar-refractivity contribution in [1.29, 1.82) is 0 Å². The van der Waals surface area contributed by atoms with Crippen molar-refractivity contribution in [1.82, 2.24) is 10.3 Å². The molecule has 1 amide bonds. The molecule has 0 radical (unpaired) electrons. The lowest BCUT2D eigenvalue weighted by atomic mass is 10.0. The molecule has 1 unspecified atom stereocenters. The third-order valence-corrected chi connectivity index (χ3v) is 3.23. The molecular weight excluding hydrogens is 306 g/mol. The molecule has 0 aliphatic carbocycles. The Morgan fingerprint density at radius 1 is 1.22 bits per heavy atom. The molecule has 2 aromatic rings. The first-order valence-electron chi connectivity index (χ1n) is 7.04. The average molecular weight is 322 g/mol. The van der Waals surface area contributed by atoms with Gasteiger partial charge in [0.25, 0.3) is 5.91 Å². The largest absolute Gasteiger partial charge is 0.435 e. The summed E-state index contributed by atoms with van der Waals surface area (Å²) in [5.74, 6) is -0.361. The summed E-state index contributed by atoms with van der Waals surface area (Å²) in [5, 5.41) is 2.79. The number of benzene rings is 1. The molecule has 7 heteroatoms.